The Bertz CT molecular complexity index is 744. The minimum Gasteiger partial charge on any atom is -0.480 e. The molecule has 1 aliphatic rings. The number of benzene rings is 1. The molecule has 0 spiro atoms. The van der Waals surface area contributed by atoms with Crippen molar-refractivity contribution in [3.63, 3.8) is 0 Å². The van der Waals surface area contributed by atoms with E-state index in [9.17, 15) is 14.4 Å². The van der Waals surface area contributed by atoms with Gasteiger partial charge in [0.15, 0.2) is 12.4 Å². The van der Waals surface area contributed by atoms with Crippen molar-refractivity contribution in [2.75, 3.05) is 13.7 Å². The number of esters is 1. The van der Waals surface area contributed by atoms with E-state index < -0.39 is 11.4 Å². The maximum atomic E-state index is 13.1. The number of hydrogen-bond donors (Lipinski definition) is 0. The fraction of sp³-hybridized carbons (Fsp3) is 0.526. The van der Waals surface area contributed by atoms with Crippen LogP contribution in [0.5, 0.6) is 5.75 Å². The third-order valence-corrected chi connectivity index (χ3v) is 5.60. The standard InChI is InChI=1S/C19H22Cl2O5/c1-4-6-19(7-5-11(2)22)9-12-8-13(26-10-14(23)25-3)16(20)17(21)15(12)18(19)24/h8H,4-7,9-10H2,1-3H3. The Morgan fingerprint density at radius 1 is 1.23 bits per heavy atom. The first kappa shape index (κ1) is 20.7. The fourth-order valence-electron chi connectivity index (χ4n) is 3.47. The molecule has 0 heterocycles. The van der Waals surface area contributed by atoms with Gasteiger partial charge in [-0.2, -0.15) is 0 Å². The van der Waals surface area contributed by atoms with Crippen LogP contribution in [0.4, 0.5) is 0 Å². The Kier molecular flexibility index (Phi) is 6.69. The van der Waals surface area contributed by atoms with E-state index >= 15 is 0 Å². The Morgan fingerprint density at radius 2 is 1.92 bits per heavy atom. The Balaban J connectivity index is 2.39. The van der Waals surface area contributed by atoms with Gasteiger partial charge in [-0.25, -0.2) is 4.79 Å². The molecule has 7 heteroatoms. The zero-order valence-electron chi connectivity index (χ0n) is 15.1. The van der Waals surface area contributed by atoms with Gasteiger partial charge in [-0.05, 0) is 37.8 Å². The number of carbonyl (C=O) groups excluding carboxylic acids is 3. The lowest BCUT2D eigenvalue weighted by molar-refractivity contribution is -0.142. The number of halogens is 2. The summed E-state index contributed by atoms with van der Waals surface area (Å²) in [5.74, 6) is -0.319. The molecule has 1 aromatic rings. The van der Waals surface area contributed by atoms with Gasteiger partial charge in [-0.15, -0.1) is 0 Å². The van der Waals surface area contributed by atoms with E-state index in [0.717, 1.165) is 12.0 Å². The lowest BCUT2D eigenvalue weighted by Gasteiger charge is -2.26. The van der Waals surface area contributed by atoms with Crippen LogP contribution in [-0.2, 0) is 20.7 Å². The first-order chi connectivity index (χ1) is 12.3. The number of ketones is 2. The quantitative estimate of drug-likeness (QED) is 0.603. The third kappa shape index (κ3) is 4.04. The zero-order valence-corrected chi connectivity index (χ0v) is 16.6. The molecule has 0 aliphatic heterocycles. The second-order valence-electron chi connectivity index (χ2n) is 6.64. The average Bonchev–Trinajstić information content (AvgIpc) is 2.87. The van der Waals surface area contributed by atoms with Crippen molar-refractivity contribution in [2.24, 2.45) is 5.41 Å². The number of fused-ring (bicyclic) bond motifs is 1. The van der Waals surface area contributed by atoms with Crippen molar-refractivity contribution in [2.45, 2.75) is 46.0 Å². The van der Waals surface area contributed by atoms with Crippen LogP contribution in [0.2, 0.25) is 10.0 Å². The first-order valence-corrected chi connectivity index (χ1v) is 9.26. The van der Waals surface area contributed by atoms with Crippen molar-refractivity contribution in [1.29, 1.82) is 0 Å². The maximum Gasteiger partial charge on any atom is 0.343 e. The summed E-state index contributed by atoms with van der Waals surface area (Å²) in [5, 5.41) is 0.233. The Labute approximate surface area is 162 Å². The topological polar surface area (TPSA) is 69.7 Å². The molecule has 5 nitrogen and oxygen atoms in total. The van der Waals surface area contributed by atoms with Crippen LogP contribution >= 0.6 is 23.2 Å². The van der Waals surface area contributed by atoms with Crippen LogP contribution in [0, 0.1) is 5.41 Å². The smallest absolute Gasteiger partial charge is 0.343 e. The molecule has 0 saturated heterocycles. The van der Waals surface area contributed by atoms with E-state index in [1.165, 1.54) is 14.0 Å². The van der Waals surface area contributed by atoms with E-state index in [1.807, 2.05) is 6.92 Å². The number of rotatable bonds is 8. The molecular formula is C19H22Cl2O5. The molecule has 2 rings (SSSR count). The molecule has 1 atom stereocenters. The normalized spacial score (nSPS) is 18.6. The number of Topliss-reactive ketones (excluding diaryl/α,β-unsaturated/α-hetero) is 2. The van der Waals surface area contributed by atoms with Crippen LogP contribution in [0.1, 0.15) is 55.5 Å². The molecule has 0 radical (unpaired) electrons. The van der Waals surface area contributed by atoms with E-state index in [0.29, 0.717) is 31.2 Å². The largest absolute Gasteiger partial charge is 0.480 e. The summed E-state index contributed by atoms with van der Waals surface area (Å²) in [6.07, 6.45) is 2.79. The van der Waals surface area contributed by atoms with Crippen molar-refractivity contribution < 1.29 is 23.9 Å². The summed E-state index contributed by atoms with van der Waals surface area (Å²) in [7, 11) is 1.26. The van der Waals surface area contributed by atoms with Crippen molar-refractivity contribution in [3.05, 3.63) is 27.2 Å². The monoisotopic (exact) mass is 400 g/mol. The summed E-state index contributed by atoms with van der Waals surface area (Å²) in [4.78, 5) is 35.9. The summed E-state index contributed by atoms with van der Waals surface area (Å²) in [6.45, 7) is 3.23. The SMILES string of the molecule is CCCC1(CCC(C)=O)Cc2cc(OCC(=O)OC)c(Cl)c(Cl)c2C1=O. The number of carbonyl (C=O) groups is 3. The van der Waals surface area contributed by atoms with Gasteiger partial charge < -0.3 is 14.3 Å². The van der Waals surface area contributed by atoms with E-state index in [-0.39, 0.29) is 34.0 Å². The average molecular weight is 401 g/mol. The second kappa shape index (κ2) is 8.40. The molecular weight excluding hydrogens is 379 g/mol. The number of ether oxygens (including phenoxy) is 2. The van der Waals surface area contributed by atoms with Crippen molar-refractivity contribution >= 4 is 40.7 Å². The molecule has 0 aromatic heterocycles. The molecule has 1 aliphatic carbocycles. The van der Waals surface area contributed by atoms with Crippen LogP contribution in [-0.4, -0.2) is 31.3 Å². The fourth-order valence-corrected chi connectivity index (χ4v) is 3.97. The van der Waals surface area contributed by atoms with Crippen LogP contribution < -0.4 is 4.74 Å². The highest BCUT2D eigenvalue weighted by Crippen LogP contribution is 2.49. The molecule has 1 aromatic carbocycles. The third-order valence-electron chi connectivity index (χ3n) is 4.75. The van der Waals surface area contributed by atoms with Gasteiger partial charge in [0.25, 0.3) is 0 Å². The molecule has 0 bridgehead atoms. The number of hydrogen-bond acceptors (Lipinski definition) is 5. The molecule has 142 valence electrons. The Morgan fingerprint density at radius 3 is 2.50 bits per heavy atom. The molecule has 0 saturated carbocycles. The molecule has 0 amide bonds. The van der Waals surface area contributed by atoms with Crippen LogP contribution in [0.15, 0.2) is 6.07 Å². The van der Waals surface area contributed by atoms with Crippen molar-refractivity contribution in [1.82, 2.24) is 0 Å². The first-order valence-electron chi connectivity index (χ1n) is 8.50. The highest BCUT2D eigenvalue weighted by atomic mass is 35.5. The summed E-state index contributed by atoms with van der Waals surface area (Å²) >= 11 is 12.6. The lowest BCUT2D eigenvalue weighted by atomic mass is 9.75. The predicted molar refractivity (Wildman–Crippen MR) is 99.3 cm³/mol. The summed E-state index contributed by atoms with van der Waals surface area (Å²) in [5.41, 5.74) is 0.497. The zero-order chi connectivity index (χ0) is 19.5. The van der Waals surface area contributed by atoms with Gasteiger partial charge in [-0.3, -0.25) is 4.79 Å². The second-order valence-corrected chi connectivity index (χ2v) is 7.40. The van der Waals surface area contributed by atoms with Crippen molar-refractivity contribution in [3.8, 4) is 5.75 Å². The Hall–Kier alpha value is -1.59. The summed E-state index contributed by atoms with van der Waals surface area (Å²) < 4.78 is 9.95. The summed E-state index contributed by atoms with van der Waals surface area (Å²) in [6, 6.07) is 1.66. The number of methoxy groups -OCH3 is 1. The van der Waals surface area contributed by atoms with E-state index in [4.69, 9.17) is 27.9 Å². The van der Waals surface area contributed by atoms with Crippen LogP contribution in [0.3, 0.4) is 0 Å². The van der Waals surface area contributed by atoms with Gasteiger partial charge in [0, 0.05) is 17.4 Å². The van der Waals surface area contributed by atoms with Crippen LogP contribution in [0.25, 0.3) is 0 Å². The van der Waals surface area contributed by atoms with Gasteiger partial charge >= 0.3 is 5.97 Å². The highest BCUT2D eigenvalue weighted by Gasteiger charge is 2.46. The molecule has 1 unspecified atom stereocenters. The molecule has 0 fully saturated rings. The van der Waals surface area contributed by atoms with E-state index in [1.54, 1.807) is 6.07 Å². The maximum absolute atomic E-state index is 13.1. The highest BCUT2D eigenvalue weighted by molar-refractivity contribution is 6.45. The van der Waals surface area contributed by atoms with Gasteiger partial charge in [-0.1, -0.05) is 36.5 Å². The minimum atomic E-state index is -0.642. The van der Waals surface area contributed by atoms with Gasteiger partial charge in [0.2, 0.25) is 0 Å². The molecule has 0 N–H and O–H groups in total. The van der Waals surface area contributed by atoms with E-state index in [2.05, 4.69) is 4.74 Å². The lowest BCUT2D eigenvalue weighted by Crippen LogP contribution is -2.28. The minimum absolute atomic E-state index is 0.0514. The predicted octanol–water partition coefficient (Wildman–Crippen LogP) is 4.44. The molecule has 26 heavy (non-hydrogen) atoms. The van der Waals surface area contributed by atoms with Gasteiger partial charge in [0.1, 0.15) is 16.6 Å². The van der Waals surface area contributed by atoms with Gasteiger partial charge in [0.05, 0.1) is 12.1 Å².